The number of hydrogen-bond donors (Lipinski definition) is 0. The molecule has 0 unspecified atom stereocenters. The Morgan fingerprint density at radius 3 is 1.83 bits per heavy atom. The summed E-state index contributed by atoms with van der Waals surface area (Å²) in [5.41, 5.74) is 1.56. The average molecular weight is 251 g/mol. The highest BCUT2D eigenvalue weighted by Gasteiger charge is 2.44. The van der Waals surface area contributed by atoms with Crippen LogP contribution in [-0.4, -0.2) is 23.5 Å². The second-order valence-corrected chi connectivity index (χ2v) is 8.98. The lowest BCUT2D eigenvalue weighted by Crippen LogP contribution is -2.42. The molecule has 0 amide bonds. The zero-order chi connectivity index (χ0) is 13.6. The van der Waals surface area contributed by atoms with Crippen molar-refractivity contribution in [2.75, 3.05) is 13.1 Å². The van der Waals surface area contributed by atoms with E-state index in [-0.39, 0.29) is 0 Å². The molecule has 2 rings (SSSR count). The Hall–Kier alpha value is -0.0400. The maximum Gasteiger partial charge on any atom is 0.0125 e. The Morgan fingerprint density at radius 2 is 1.44 bits per heavy atom. The summed E-state index contributed by atoms with van der Waals surface area (Å²) in [4.78, 5) is 2.71. The van der Waals surface area contributed by atoms with E-state index >= 15 is 0 Å². The molecule has 1 spiro atoms. The molecule has 0 radical (unpaired) electrons. The van der Waals surface area contributed by atoms with Gasteiger partial charge in [-0.1, -0.05) is 20.8 Å². The predicted octanol–water partition coefficient (Wildman–Crippen LogP) is 4.71. The van der Waals surface area contributed by atoms with Crippen LogP contribution in [-0.2, 0) is 0 Å². The zero-order valence-corrected chi connectivity index (χ0v) is 13.5. The van der Waals surface area contributed by atoms with E-state index in [0.717, 1.165) is 5.92 Å². The number of rotatable bonds is 0. The topological polar surface area (TPSA) is 3.24 Å². The van der Waals surface area contributed by atoms with Gasteiger partial charge in [0.1, 0.15) is 0 Å². The van der Waals surface area contributed by atoms with E-state index in [1.807, 2.05) is 0 Å². The van der Waals surface area contributed by atoms with E-state index in [0.29, 0.717) is 16.4 Å². The van der Waals surface area contributed by atoms with E-state index in [1.165, 1.54) is 45.2 Å². The van der Waals surface area contributed by atoms with Gasteiger partial charge < -0.3 is 0 Å². The van der Waals surface area contributed by atoms with Crippen LogP contribution in [0.25, 0.3) is 0 Å². The monoisotopic (exact) mass is 251 g/mol. The lowest BCUT2D eigenvalue weighted by Gasteiger charge is -2.43. The third kappa shape index (κ3) is 2.92. The van der Waals surface area contributed by atoms with Gasteiger partial charge in [-0.25, -0.2) is 0 Å². The smallest absolute Gasteiger partial charge is 0.0125 e. The normalized spacial score (nSPS) is 35.3. The third-order valence-corrected chi connectivity index (χ3v) is 5.66. The molecule has 1 heteroatoms. The molecule has 1 aliphatic carbocycles. The van der Waals surface area contributed by atoms with Crippen LogP contribution in [0.5, 0.6) is 0 Å². The van der Waals surface area contributed by atoms with Crippen LogP contribution < -0.4 is 0 Å². The lowest BCUT2D eigenvalue weighted by atomic mass is 9.64. The fourth-order valence-electron chi connectivity index (χ4n) is 4.01. The number of hydrogen-bond acceptors (Lipinski definition) is 1. The summed E-state index contributed by atoms with van der Waals surface area (Å²) in [6.07, 6.45) is 7.31. The van der Waals surface area contributed by atoms with Crippen LogP contribution in [0.4, 0.5) is 0 Å². The van der Waals surface area contributed by atoms with E-state index in [2.05, 4.69) is 46.4 Å². The summed E-state index contributed by atoms with van der Waals surface area (Å²) in [6.45, 7) is 17.0. The first-order valence-electron chi connectivity index (χ1n) is 7.88. The fourth-order valence-corrected chi connectivity index (χ4v) is 4.01. The molecule has 0 atom stereocenters. The van der Waals surface area contributed by atoms with Gasteiger partial charge in [0.15, 0.2) is 0 Å². The molecule has 1 aliphatic heterocycles. The Kier molecular flexibility index (Phi) is 3.60. The molecule has 0 aromatic carbocycles. The summed E-state index contributed by atoms with van der Waals surface area (Å²) >= 11 is 0. The van der Waals surface area contributed by atoms with Crippen molar-refractivity contribution < 1.29 is 0 Å². The molecule has 0 N–H and O–H groups in total. The summed E-state index contributed by atoms with van der Waals surface area (Å²) in [5.74, 6) is 0.951. The van der Waals surface area contributed by atoms with Crippen molar-refractivity contribution in [2.45, 2.75) is 79.2 Å². The van der Waals surface area contributed by atoms with Gasteiger partial charge in [-0.3, -0.25) is 4.90 Å². The van der Waals surface area contributed by atoms with Crippen LogP contribution in [0, 0.1) is 16.7 Å². The highest BCUT2D eigenvalue weighted by Crippen LogP contribution is 2.50. The van der Waals surface area contributed by atoms with Crippen LogP contribution in [0.15, 0.2) is 0 Å². The Labute approximate surface area is 114 Å². The second-order valence-electron chi connectivity index (χ2n) is 8.98. The Morgan fingerprint density at radius 1 is 0.889 bits per heavy atom. The fraction of sp³-hybridized carbons (Fsp3) is 1.00. The van der Waals surface area contributed by atoms with Crippen LogP contribution in [0.2, 0.25) is 0 Å². The molecular weight excluding hydrogens is 218 g/mol. The molecule has 0 bridgehead atoms. The molecule has 2 aliphatic rings. The minimum Gasteiger partial charge on any atom is -0.298 e. The van der Waals surface area contributed by atoms with Crippen LogP contribution in [0.3, 0.4) is 0 Å². The van der Waals surface area contributed by atoms with Crippen molar-refractivity contribution >= 4 is 0 Å². The molecule has 18 heavy (non-hydrogen) atoms. The summed E-state index contributed by atoms with van der Waals surface area (Å²) in [6, 6.07) is 0. The highest BCUT2D eigenvalue weighted by atomic mass is 15.2. The maximum absolute atomic E-state index is 2.71. The average Bonchev–Trinajstić information content (AvgIpc) is 2.61. The quantitative estimate of drug-likeness (QED) is 0.602. The summed E-state index contributed by atoms with van der Waals surface area (Å²) in [5, 5.41) is 0. The predicted molar refractivity (Wildman–Crippen MR) is 79.8 cm³/mol. The van der Waals surface area contributed by atoms with Crippen molar-refractivity contribution in [1.82, 2.24) is 4.90 Å². The SMILES string of the molecule is CC(C)(C)C1CCC2(CC1)CCN(C(C)(C)C)C2. The van der Waals surface area contributed by atoms with Crippen molar-refractivity contribution in [3.8, 4) is 0 Å². The van der Waals surface area contributed by atoms with Gasteiger partial charge in [0.2, 0.25) is 0 Å². The van der Waals surface area contributed by atoms with Crippen LogP contribution >= 0.6 is 0 Å². The molecule has 1 nitrogen and oxygen atoms in total. The van der Waals surface area contributed by atoms with Crippen molar-refractivity contribution in [1.29, 1.82) is 0 Å². The molecule has 1 heterocycles. The van der Waals surface area contributed by atoms with Gasteiger partial charge >= 0.3 is 0 Å². The van der Waals surface area contributed by atoms with Crippen LogP contribution in [0.1, 0.15) is 73.6 Å². The summed E-state index contributed by atoms with van der Waals surface area (Å²) < 4.78 is 0. The van der Waals surface area contributed by atoms with E-state index in [4.69, 9.17) is 0 Å². The molecule has 106 valence electrons. The second kappa shape index (κ2) is 4.51. The Balaban J connectivity index is 1.94. The van der Waals surface area contributed by atoms with Gasteiger partial charge in [0, 0.05) is 12.1 Å². The number of likely N-dealkylation sites (tertiary alicyclic amines) is 1. The first kappa shape index (κ1) is 14.4. The van der Waals surface area contributed by atoms with E-state index in [1.54, 1.807) is 0 Å². The highest BCUT2D eigenvalue weighted by molar-refractivity contribution is 4.97. The Bertz CT molecular complexity index is 284. The minimum absolute atomic E-state index is 0.365. The van der Waals surface area contributed by atoms with Gasteiger partial charge in [-0.2, -0.15) is 0 Å². The standard InChI is InChI=1S/C17H33N/c1-15(2,3)14-7-9-17(10-8-14)11-12-18(13-17)16(4,5)6/h14H,7-13H2,1-6H3. The lowest BCUT2D eigenvalue weighted by molar-refractivity contribution is 0.0772. The molecule has 2 fully saturated rings. The number of nitrogens with zero attached hydrogens (tertiary/aromatic N) is 1. The molecular formula is C17H33N. The first-order chi connectivity index (χ1) is 8.12. The van der Waals surface area contributed by atoms with Gasteiger partial charge in [0.05, 0.1) is 0 Å². The zero-order valence-electron chi connectivity index (χ0n) is 13.5. The minimum atomic E-state index is 0.365. The van der Waals surface area contributed by atoms with Crippen molar-refractivity contribution in [3.05, 3.63) is 0 Å². The van der Waals surface area contributed by atoms with E-state index in [9.17, 15) is 0 Å². The van der Waals surface area contributed by atoms with Gasteiger partial charge in [-0.05, 0) is 76.2 Å². The summed E-state index contributed by atoms with van der Waals surface area (Å²) in [7, 11) is 0. The van der Waals surface area contributed by atoms with Crippen molar-refractivity contribution in [2.24, 2.45) is 16.7 Å². The molecule has 0 aromatic rings. The molecule has 1 saturated carbocycles. The third-order valence-electron chi connectivity index (χ3n) is 5.66. The molecule has 0 aromatic heterocycles. The van der Waals surface area contributed by atoms with Crippen molar-refractivity contribution in [3.63, 3.8) is 0 Å². The molecule has 1 saturated heterocycles. The van der Waals surface area contributed by atoms with E-state index < -0.39 is 0 Å². The first-order valence-corrected chi connectivity index (χ1v) is 7.88. The largest absolute Gasteiger partial charge is 0.298 e. The van der Waals surface area contributed by atoms with Gasteiger partial charge in [0.25, 0.3) is 0 Å². The maximum atomic E-state index is 2.71. The van der Waals surface area contributed by atoms with Gasteiger partial charge in [-0.15, -0.1) is 0 Å².